The molecule has 1 aliphatic rings. The van der Waals surface area contributed by atoms with Crippen molar-refractivity contribution in [3.05, 3.63) is 18.2 Å². The Bertz CT molecular complexity index is 719. The summed E-state index contributed by atoms with van der Waals surface area (Å²) < 4.78 is 32.6. The number of ether oxygens (including phenoxy) is 1. The van der Waals surface area contributed by atoms with E-state index >= 15 is 0 Å². The van der Waals surface area contributed by atoms with Gasteiger partial charge >= 0.3 is 0 Å². The minimum Gasteiger partial charge on any atom is -0.495 e. The summed E-state index contributed by atoms with van der Waals surface area (Å²) in [6.07, 6.45) is 2.73. The molecule has 1 aromatic carbocycles. The number of piperidine rings is 1. The summed E-state index contributed by atoms with van der Waals surface area (Å²) in [5.74, 6) is -0.104. The number of benzene rings is 1. The number of carbonyl (C=O) groups excluding carboxylic acids is 1. The number of hydrogen-bond donors (Lipinski definition) is 2. The molecule has 26 heavy (non-hydrogen) atoms. The zero-order valence-electron chi connectivity index (χ0n) is 15.4. The lowest BCUT2D eigenvalue weighted by Gasteiger charge is -2.26. The smallest absolute Gasteiger partial charge is 0.246 e. The first-order valence-corrected chi connectivity index (χ1v) is 9.96. The molecular formula is C17H28ClN3O4S. The predicted molar refractivity (Wildman–Crippen MR) is 104 cm³/mol. The van der Waals surface area contributed by atoms with Gasteiger partial charge in [-0.1, -0.05) is 20.3 Å². The van der Waals surface area contributed by atoms with Crippen LogP contribution in [0.3, 0.4) is 0 Å². The molecule has 1 amide bonds. The highest BCUT2D eigenvalue weighted by Gasteiger charge is 2.29. The molecule has 1 unspecified atom stereocenters. The monoisotopic (exact) mass is 405 g/mol. The lowest BCUT2D eigenvalue weighted by Crippen LogP contribution is -2.39. The van der Waals surface area contributed by atoms with E-state index in [2.05, 4.69) is 5.32 Å². The molecule has 1 heterocycles. The Balaban J connectivity index is 0.00000338. The third-order valence-corrected chi connectivity index (χ3v) is 6.30. The Kier molecular flexibility index (Phi) is 8.33. The van der Waals surface area contributed by atoms with E-state index in [1.807, 2.05) is 13.8 Å². The minimum absolute atomic E-state index is 0. The fourth-order valence-electron chi connectivity index (χ4n) is 2.73. The molecule has 0 aliphatic carbocycles. The van der Waals surface area contributed by atoms with E-state index in [4.69, 9.17) is 10.5 Å². The lowest BCUT2D eigenvalue weighted by molar-refractivity contribution is -0.118. The van der Waals surface area contributed by atoms with Gasteiger partial charge < -0.3 is 15.8 Å². The van der Waals surface area contributed by atoms with Gasteiger partial charge in [0.1, 0.15) is 10.6 Å². The fraction of sp³-hybridized carbons (Fsp3) is 0.588. The van der Waals surface area contributed by atoms with Crippen LogP contribution in [0.2, 0.25) is 0 Å². The normalized spacial score (nSPS) is 16.7. The molecule has 1 fully saturated rings. The van der Waals surface area contributed by atoms with E-state index in [0.717, 1.165) is 19.3 Å². The first kappa shape index (κ1) is 22.7. The van der Waals surface area contributed by atoms with Crippen LogP contribution in [0.25, 0.3) is 0 Å². The molecule has 0 saturated carbocycles. The van der Waals surface area contributed by atoms with Crippen molar-refractivity contribution in [1.82, 2.24) is 4.31 Å². The van der Waals surface area contributed by atoms with Gasteiger partial charge in [-0.2, -0.15) is 4.31 Å². The highest BCUT2D eigenvalue weighted by atomic mass is 35.5. The summed E-state index contributed by atoms with van der Waals surface area (Å²) in [6.45, 7) is 4.70. The maximum absolute atomic E-state index is 13.0. The highest BCUT2D eigenvalue weighted by Crippen LogP contribution is 2.31. The van der Waals surface area contributed by atoms with Gasteiger partial charge in [0, 0.05) is 18.8 Å². The number of halogens is 1. The van der Waals surface area contributed by atoms with E-state index in [9.17, 15) is 13.2 Å². The number of sulfonamides is 1. The maximum atomic E-state index is 13.0. The van der Waals surface area contributed by atoms with E-state index in [-0.39, 0.29) is 34.9 Å². The molecule has 1 saturated heterocycles. The molecule has 148 valence electrons. The van der Waals surface area contributed by atoms with Gasteiger partial charge in [-0.3, -0.25) is 4.79 Å². The van der Waals surface area contributed by atoms with Crippen molar-refractivity contribution in [2.24, 2.45) is 11.7 Å². The fourth-order valence-corrected chi connectivity index (χ4v) is 4.43. The SMILES string of the molecule is COc1ccc(NC(=O)C(N)C(C)C)cc1S(=O)(=O)N1CCCCC1.Cl. The van der Waals surface area contributed by atoms with Gasteiger partial charge in [-0.05, 0) is 37.0 Å². The van der Waals surface area contributed by atoms with E-state index < -0.39 is 16.1 Å². The zero-order chi connectivity index (χ0) is 18.6. The van der Waals surface area contributed by atoms with Crippen molar-refractivity contribution >= 4 is 34.0 Å². The molecule has 0 spiro atoms. The summed E-state index contributed by atoms with van der Waals surface area (Å²) >= 11 is 0. The predicted octanol–water partition coefficient (Wildman–Crippen LogP) is 2.21. The third-order valence-electron chi connectivity index (χ3n) is 4.39. The van der Waals surface area contributed by atoms with Gasteiger partial charge in [0.2, 0.25) is 15.9 Å². The van der Waals surface area contributed by atoms with E-state index in [0.29, 0.717) is 18.8 Å². The first-order chi connectivity index (χ1) is 11.8. The summed E-state index contributed by atoms with van der Waals surface area (Å²) in [6, 6.07) is 3.93. The minimum atomic E-state index is -3.67. The molecule has 1 aromatic rings. The number of methoxy groups -OCH3 is 1. The molecule has 2 rings (SSSR count). The molecule has 0 aromatic heterocycles. The van der Waals surface area contributed by atoms with Gasteiger partial charge in [0.15, 0.2) is 0 Å². The number of rotatable bonds is 6. The molecule has 0 bridgehead atoms. The molecular weight excluding hydrogens is 378 g/mol. The van der Waals surface area contributed by atoms with Crippen LogP contribution >= 0.6 is 12.4 Å². The quantitative estimate of drug-likeness (QED) is 0.755. The Morgan fingerprint density at radius 2 is 1.85 bits per heavy atom. The third kappa shape index (κ3) is 5.09. The van der Waals surface area contributed by atoms with E-state index in [1.165, 1.54) is 17.5 Å². The molecule has 1 atom stereocenters. The Hall–Kier alpha value is -1.35. The second kappa shape index (κ2) is 9.55. The van der Waals surface area contributed by atoms with Gasteiger partial charge in [0.05, 0.1) is 13.2 Å². The van der Waals surface area contributed by atoms with Gasteiger partial charge in [-0.15, -0.1) is 12.4 Å². The number of carbonyl (C=O) groups is 1. The number of amides is 1. The average molecular weight is 406 g/mol. The van der Waals surface area contributed by atoms with Gasteiger partial charge in [0.25, 0.3) is 0 Å². The molecule has 3 N–H and O–H groups in total. The number of nitrogens with one attached hydrogen (secondary N) is 1. The Morgan fingerprint density at radius 3 is 2.38 bits per heavy atom. The van der Waals surface area contributed by atoms with Crippen LogP contribution in [0.1, 0.15) is 33.1 Å². The summed E-state index contributed by atoms with van der Waals surface area (Å²) in [5, 5.41) is 2.69. The van der Waals surface area contributed by atoms with Crippen LogP contribution in [-0.4, -0.2) is 44.9 Å². The summed E-state index contributed by atoms with van der Waals surface area (Å²) in [5.41, 5.74) is 6.23. The van der Waals surface area contributed by atoms with Crippen LogP contribution in [0.5, 0.6) is 5.75 Å². The number of nitrogens with zero attached hydrogens (tertiary/aromatic N) is 1. The maximum Gasteiger partial charge on any atom is 0.246 e. The first-order valence-electron chi connectivity index (χ1n) is 8.52. The second-order valence-corrected chi connectivity index (χ2v) is 8.50. The van der Waals surface area contributed by atoms with Crippen molar-refractivity contribution in [2.75, 3.05) is 25.5 Å². The highest BCUT2D eigenvalue weighted by molar-refractivity contribution is 7.89. The molecule has 7 nitrogen and oxygen atoms in total. The van der Waals surface area contributed by atoms with Crippen molar-refractivity contribution in [3.8, 4) is 5.75 Å². The van der Waals surface area contributed by atoms with Crippen LogP contribution in [0.4, 0.5) is 5.69 Å². The Morgan fingerprint density at radius 1 is 1.23 bits per heavy atom. The number of anilines is 1. The summed E-state index contributed by atoms with van der Waals surface area (Å²) in [7, 11) is -2.25. The number of hydrogen-bond acceptors (Lipinski definition) is 5. The van der Waals surface area contributed by atoms with Gasteiger partial charge in [-0.25, -0.2) is 8.42 Å². The lowest BCUT2D eigenvalue weighted by atomic mass is 10.0. The average Bonchev–Trinajstić information content (AvgIpc) is 2.61. The molecule has 1 aliphatic heterocycles. The second-order valence-electron chi connectivity index (χ2n) is 6.59. The van der Waals surface area contributed by atoms with E-state index in [1.54, 1.807) is 12.1 Å². The standard InChI is InChI=1S/C17H27N3O4S.ClH/c1-12(2)16(18)17(21)19-13-7-8-14(24-3)15(11-13)25(22,23)20-9-5-4-6-10-20;/h7-8,11-12,16H,4-6,9-10,18H2,1-3H3,(H,19,21);1H. The topological polar surface area (TPSA) is 102 Å². The van der Waals surface area contributed by atoms with Crippen molar-refractivity contribution in [3.63, 3.8) is 0 Å². The van der Waals surface area contributed by atoms with Crippen molar-refractivity contribution < 1.29 is 17.9 Å². The summed E-state index contributed by atoms with van der Waals surface area (Å²) in [4.78, 5) is 12.2. The number of nitrogens with two attached hydrogens (primary N) is 1. The van der Waals surface area contributed by atoms with Crippen LogP contribution in [0, 0.1) is 5.92 Å². The van der Waals surface area contributed by atoms with Crippen LogP contribution < -0.4 is 15.8 Å². The molecule has 0 radical (unpaired) electrons. The largest absolute Gasteiger partial charge is 0.495 e. The van der Waals surface area contributed by atoms with Crippen LogP contribution in [-0.2, 0) is 14.8 Å². The van der Waals surface area contributed by atoms with Crippen molar-refractivity contribution in [1.29, 1.82) is 0 Å². The zero-order valence-corrected chi connectivity index (χ0v) is 17.0. The van der Waals surface area contributed by atoms with Crippen LogP contribution in [0.15, 0.2) is 23.1 Å². The Labute approximate surface area is 161 Å². The van der Waals surface area contributed by atoms with Crippen molar-refractivity contribution in [2.45, 2.75) is 44.0 Å². The molecule has 9 heteroatoms.